The maximum atomic E-state index is 6.81. The van der Waals surface area contributed by atoms with E-state index in [0.717, 1.165) is 55.4 Å². The van der Waals surface area contributed by atoms with Crippen molar-refractivity contribution in [3.63, 3.8) is 0 Å². The Balaban J connectivity index is 1.19. The Morgan fingerprint density at radius 3 is 1.48 bits per heavy atom. The van der Waals surface area contributed by atoms with Gasteiger partial charge in [-0.2, -0.15) is 0 Å². The fraction of sp³-hybridized carbons (Fsp3) is 0.0800. The monoisotopic (exact) mass is 668 g/mol. The molecule has 2 nitrogen and oxygen atoms in total. The van der Waals surface area contributed by atoms with Crippen molar-refractivity contribution in [3.8, 4) is 44.7 Å². The lowest BCUT2D eigenvalue weighted by molar-refractivity contribution is 0.590. The van der Waals surface area contributed by atoms with Crippen LogP contribution in [0.3, 0.4) is 0 Å². The number of furan rings is 2. The number of fused-ring (bicyclic) bond motifs is 6. The Bertz CT molecular complexity index is 2910. The quantitative estimate of drug-likeness (QED) is 0.175. The van der Waals surface area contributed by atoms with Gasteiger partial charge in [0, 0.05) is 27.3 Å². The molecule has 0 aliphatic rings. The Kier molecular flexibility index (Phi) is 6.78. The third-order valence-electron chi connectivity index (χ3n) is 10.7. The molecule has 0 radical (unpaired) electrons. The smallest absolute Gasteiger partial charge is 0.144 e. The van der Waals surface area contributed by atoms with Gasteiger partial charge in [0.15, 0.2) is 0 Å². The molecule has 52 heavy (non-hydrogen) atoms. The molecule has 0 amide bonds. The third kappa shape index (κ3) is 4.72. The Hall–Kier alpha value is -6.38. The average Bonchev–Trinajstić information content (AvgIpc) is 3.76. The minimum Gasteiger partial charge on any atom is -0.456 e. The van der Waals surface area contributed by atoms with Crippen molar-refractivity contribution < 1.29 is 8.83 Å². The van der Waals surface area contributed by atoms with E-state index in [-0.39, 0.29) is 5.41 Å². The van der Waals surface area contributed by atoms with Crippen molar-refractivity contribution in [2.45, 2.75) is 26.2 Å². The normalized spacial score (nSPS) is 12.1. The molecular formula is C50H36O2. The zero-order valence-electron chi connectivity index (χ0n) is 29.4. The lowest BCUT2D eigenvalue weighted by Crippen LogP contribution is -2.10. The summed E-state index contributed by atoms with van der Waals surface area (Å²) in [5, 5.41) is 8.28. The number of para-hydroxylation sites is 1. The Labute approximate surface area is 302 Å². The maximum Gasteiger partial charge on any atom is 0.144 e. The van der Waals surface area contributed by atoms with Crippen LogP contribution in [0, 0.1) is 0 Å². The molecule has 0 aliphatic heterocycles. The molecule has 2 heterocycles. The Morgan fingerprint density at radius 1 is 0.365 bits per heavy atom. The maximum absolute atomic E-state index is 6.81. The molecule has 0 unspecified atom stereocenters. The zero-order chi connectivity index (χ0) is 35.0. The summed E-state index contributed by atoms with van der Waals surface area (Å²) >= 11 is 0. The molecule has 8 aromatic carbocycles. The van der Waals surface area contributed by atoms with E-state index in [4.69, 9.17) is 8.83 Å². The van der Waals surface area contributed by atoms with Crippen LogP contribution in [0.15, 0.2) is 173 Å². The summed E-state index contributed by atoms with van der Waals surface area (Å²) in [5.74, 6) is 0.853. The lowest BCUT2D eigenvalue weighted by atomic mass is 9.85. The van der Waals surface area contributed by atoms with Crippen molar-refractivity contribution in [2.75, 3.05) is 0 Å². The molecule has 10 rings (SSSR count). The summed E-state index contributed by atoms with van der Waals surface area (Å²) in [6.45, 7) is 6.75. The molecule has 0 aliphatic carbocycles. The molecule has 0 atom stereocenters. The van der Waals surface area contributed by atoms with E-state index in [0.29, 0.717) is 0 Å². The summed E-state index contributed by atoms with van der Waals surface area (Å²) in [5.41, 5.74) is 12.1. The lowest BCUT2D eigenvalue weighted by Gasteiger charge is -2.18. The van der Waals surface area contributed by atoms with Crippen molar-refractivity contribution in [1.29, 1.82) is 0 Å². The standard InChI is InChI=1S/C50H36O2/c1-50(2,3)34-28-29-43-41(30-34)48-40(21-13-23-44(48)51-43)49-47(39-20-11-12-22-42(39)52-49)33-26-24-32(25-27-33)46-37-18-9-7-16-35(37)45(31-14-5-4-6-15-31)36-17-8-10-19-38(36)46/h4-30H,1-3H3. The van der Waals surface area contributed by atoms with Crippen LogP contribution in [0.25, 0.3) is 99.2 Å². The van der Waals surface area contributed by atoms with Crippen LogP contribution < -0.4 is 0 Å². The summed E-state index contributed by atoms with van der Waals surface area (Å²) in [7, 11) is 0. The SMILES string of the molecule is CC(C)(C)c1ccc2oc3cccc(-c4oc5ccccc5c4-c4ccc(-c5c6ccccc6c(-c6ccccc6)c6ccccc56)cc4)c3c2c1. The third-order valence-corrected chi connectivity index (χ3v) is 10.7. The number of benzene rings is 8. The molecule has 0 bridgehead atoms. The van der Waals surface area contributed by atoms with Crippen LogP contribution in [0.4, 0.5) is 0 Å². The van der Waals surface area contributed by atoms with Gasteiger partial charge in [-0.25, -0.2) is 0 Å². The number of hydrogen-bond donors (Lipinski definition) is 0. The van der Waals surface area contributed by atoms with Gasteiger partial charge in [-0.1, -0.05) is 160 Å². The van der Waals surface area contributed by atoms with Gasteiger partial charge in [0.2, 0.25) is 0 Å². The van der Waals surface area contributed by atoms with Gasteiger partial charge in [0.1, 0.15) is 22.5 Å². The van der Waals surface area contributed by atoms with E-state index in [9.17, 15) is 0 Å². The van der Waals surface area contributed by atoms with Gasteiger partial charge in [-0.05, 0) is 84.6 Å². The number of rotatable bonds is 4. The first kappa shape index (κ1) is 30.4. The second-order valence-corrected chi connectivity index (χ2v) is 14.8. The van der Waals surface area contributed by atoms with E-state index in [1.807, 2.05) is 6.07 Å². The fourth-order valence-electron chi connectivity index (χ4n) is 8.16. The van der Waals surface area contributed by atoms with Gasteiger partial charge < -0.3 is 8.83 Å². The van der Waals surface area contributed by atoms with Crippen molar-refractivity contribution in [2.24, 2.45) is 0 Å². The van der Waals surface area contributed by atoms with Gasteiger partial charge in [-0.15, -0.1) is 0 Å². The molecule has 0 fully saturated rings. The van der Waals surface area contributed by atoms with Crippen LogP contribution in [0.2, 0.25) is 0 Å². The van der Waals surface area contributed by atoms with E-state index < -0.39 is 0 Å². The van der Waals surface area contributed by atoms with Gasteiger partial charge in [-0.3, -0.25) is 0 Å². The van der Waals surface area contributed by atoms with E-state index in [1.54, 1.807) is 0 Å². The molecule has 10 aromatic rings. The highest BCUT2D eigenvalue weighted by Crippen LogP contribution is 2.47. The summed E-state index contributed by atoms with van der Waals surface area (Å²) in [6, 6.07) is 58.7. The molecule has 0 saturated carbocycles. The first-order valence-corrected chi connectivity index (χ1v) is 18.0. The van der Waals surface area contributed by atoms with E-state index in [1.165, 1.54) is 49.4 Å². The molecular weight excluding hydrogens is 633 g/mol. The molecule has 2 heteroatoms. The van der Waals surface area contributed by atoms with Gasteiger partial charge in [0.05, 0.1) is 0 Å². The highest BCUT2D eigenvalue weighted by molar-refractivity contribution is 6.21. The van der Waals surface area contributed by atoms with Crippen LogP contribution in [0.5, 0.6) is 0 Å². The van der Waals surface area contributed by atoms with Crippen LogP contribution >= 0.6 is 0 Å². The van der Waals surface area contributed by atoms with Crippen LogP contribution in [-0.2, 0) is 5.41 Å². The van der Waals surface area contributed by atoms with E-state index in [2.05, 4.69) is 178 Å². The zero-order valence-corrected chi connectivity index (χ0v) is 29.4. The van der Waals surface area contributed by atoms with E-state index >= 15 is 0 Å². The molecule has 2 aromatic heterocycles. The molecule has 0 N–H and O–H groups in total. The summed E-state index contributed by atoms with van der Waals surface area (Å²) in [4.78, 5) is 0. The van der Waals surface area contributed by atoms with Crippen molar-refractivity contribution in [3.05, 3.63) is 169 Å². The van der Waals surface area contributed by atoms with Gasteiger partial charge in [0.25, 0.3) is 0 Å². The molecule has 0 spiro atoms. The van der Waals surface area contributed by atoms with Gasteiger partial charge >= 0.3 is 0 Å². The average molecular weight is 669 g/mol. The van der Waals surface area contributed by atoms with Crippen molar-refractivity contribution in [1.82, 2.24) is 0 Å². The predicted molar refractivity (Wildman–Crippen MR) is 219 cm³/mol. The Morgan fingerprint density at radius 2 is 0.865 bits per heavy atom. The second-order valence-electron chi connectivity index (χ2n) is 14.8. The first-order valence-electron chi connectivity index (χ1n) is 18.0. The predicted octanol–water partition coefficient (Wildman–Crippen LogP) is 14.6. The highest BCUT2D eigenvalue weighted by atomic mass is 16.3. The number of hydrogen-bond acceptors (Lipinski definition) is 2. The fourth-order valence-corrected chi connectivity index (χ4v) is 8.16. The minimum atomic E-state index is 0.0114. The van der Waals surface area contributed by atoms with Crippen LogP contribution in [0.1, 0.15) is 26.3 Å². The second kappa shape index (κ2) is 11.6. The largest absolute Gasteiger partial charge is 0.456 e. The molecule has 248 valence electrons. The summed E-state index contributed by atoms with van der Waals surface area (Å²) < 4.78 is 13.2. The van der Waals surface area contributed by atoms with Crippen molar-refractivity contribution >= 4 is 54.5 Å². The first-order chi connectivity index (χ1) is 25.4. The summed E-state index contributed by atoms with van der Waals surface area (Å²) in [6.07, 6.45) is 0. The molecule has 0 saturated heterocycles. The highest BCUT2D eigenvalue weighted by Gasteiger charge is 2.24. The topological polar surface area (TPSA) is 26.3 Å². The van der Waals surface area contributed by atoms with Crippen LogP contribution in [-0.4, -0.2) is 0 Å². The minimum absolute atomic E-state index is 0.0114.